The van der Waals surface area contributed by atoms with Crippen molar-refractivity contribution < 1.29 is 28.5 Å². The van der Waals surface area contributed by atoms with Crippen LogP contribution in [-0.2, 0) is 9.53 Å². The van der Waals surface area contributed by atoms with Crippen LogP contribution in [0.5, 0.6) is 17.2 Å². The zero-order chi connectivity index (χ0) is 16.7. The number of hydrogen-bond donors (Lipinski definition) is 1. The van der Waals surface area contributed by atoms with Crippen molar-refractivity contribution in [3.05, 3.63) is 17.7 Å². The molecule has 7 heteroatoms. The number of esters is 1. The topological polar surface area (TPSA) is 83.1 Å². The van der Waals surface area contributed by atoms with E-state index in [0.717, 1.165) is 0 Å². The lowest BCUT2D eigenvalue weighted by Crippen LogP contribution is -2.35. The standard InChI is InChI=1S/C15H21NO6/c1-6-16-14(17)9(2)22-15(18)10-7-11(19-3)13(21-5)12(8-10)20-4/h7-9H,6H2,1-5H3,(H,16,17)/t9-/m1/s1. The molecule has 1 aromatic carbocycles. The molecule has 0 aliphatic carbocycles. The summed E-state index contributed by atoms with van der Waals surface area (Å²) >= 11 is 0. The van der Waals surface area contributed by atoms with E-state index in [0.29, 0.717) is 23.8 Å². The molecule has 1 rings (SSSR count). The van der Waals surface area contributed by atoms with Gasteiger partial charge in [-0.25, -0.2) is 4.79 Å². The number of carbonyl (C=O) groups excluding carboxylic acids is 2. The normalized spacial score (nSPS) is 11.3. The van der Waals surface area contributed by atoms with Crippen molar-refractivity contribution in [1.82, 2.24) is 5.32 Å². The van der Waals surface area contributed by atoms with Crippen LogP contribution < -0.4 is 19.5 Å². The van der Waals surface area contributed by atoms with Gasteiger partial charge in [0.25, 0.3) is 5.91 Å². The summed E-state index contributed by atoms with van der Waals surface area (Å²) in [4.78, 5) is 23.7. The maximum Gasteiger partial charge on any atom is 0.339 e. The lowest BCUT2D eigenvalue weighted by Gasteiger charge is -2.15. The number of carbonyl (C=O) groups is 2. The molecule has 0 aliphatic rings. The fourth-order valence-electron chi connectivity index (χ4n) is 1.80. The Balaban J connectivity index is 3.01. The van der Waals surface area contributed by atoms with Crippen LogP contribution in [0.4, 0.5) is 0 Å². The first kappa shape index (κ1) is 17.6. The molecule has 1 N–H and O–H groups in total. The molecule has 0 radical (unpaired) electrons. The molecule has 0 unspecified atom stereocenters. The van der Waals surface area contributed by atoms with Gasteiger partial charge in [0.05, 0.1) is 26.9 Å². The number of methoxy groups -OCH3 is 3. The Labute approximate surface area is 129 Å². The van der Waals surface area contributed by atoms with E-state index in [1.54, 1.807) is 6.92 Å². The molecule has 22 heavy (non-hydrogen) atoms. The number of likely N-dealkylation sites (N-methyl/N-ethyl adjacent to an activating group) is 1. The zero-order valence-electron chi connectivity index (χ0n) is 13.4. The number of ether oxygens (including phenoxy) is 4. The van der Waals surface area contributed by atoms with Crippen molar-refractivity contribution in [3.8, 4) is 17.2 Å². The third kappa shape index (κ3) is 4.03. The van der Waals surface area contributed by atoms with Gasteiger partial charge in [-0.2, -0.15) is 0 Å². The summed E-state index contributed by atoms with van der Waals surface area (Å²) in [7, 11) is 4.36. The quantitative estimate of drug-likeness (QED) is 0.766. The summed E-state index contributed by atoms with van der Waals surface area (Å²) < 4.78 is 20.6. The highest BCUT2D eigenvalue weighted by Gasteiger charge is 2.21. The molecule has 0 aromatic heterocycles. The molecule has 1 amide bonds. The maximum absolute atomic E-state index is 12.1. The number of amides is 1. The van der Waals surface area contributed by atoms with Crippen LogP contribution >= 0.6 is 0 Å². The smallest absolute Gasteiger partial charge is 0.339 e. The Morgan fingerprint density at radius 3 is 2.05 bits per heavy atom. The predicted octanol–water partition coefficient (Wildman–Crippen LogP) is 1.39. The number of rotatable bonds is 7. The van der Waals surface area contributed by atoms with Crippen LogP contribution in [0.3, 0.4) is 0 Å². The van der Waals surface area contributed by atoms with Crippen molar-refractivity contribution in [2.24, 2.45) is 0 Å². The van der Waals surface area contributed by atoms with Gasteiger partial charge in [-0.15, -0.1) is 0 Å². The van der Waals surface area contributed by atoms with Gasteiger partial charge in [0.15, 0.2) is 17.6 Å². The van der Waals surface area contributed by atoms with E-state index >= 15 is 0 Å². The molecule has 0 spiro atoms. The van der Waals surface area contributed by atoms with Gasteiger partial charge in [-0.05, 0) is 26.0 Å². The van der Waals surface area contributed by atoms with Gasteiger partial charge in [0, 0.05) is 6.54 Å². The lowest BCUT2D eigenvalue weighted by molar-refractivity contribution is -0.128. The Morgan fingerprint density at radius 1 is 1.09 bits per heavy atom. The molecule has 1 atom stereocenters. The molecule has 7 nitrogen and oxygen atoms in total. The summed E-state index contributed by atoms with van der Waals surface area (Å²) in [5.41, 5.74) is 0.200. The highest BCUT2D eigenvalue weighted by Crippen LogP contribution is 2.38. The van der Waals surface area contributed by atoms with Crippen LogP contribution in [-0.4, -0.2) is 45.9 Å². The first-order valence-electron chi connectivity index (χ1n) is 6.77. The van der Waals surface area contributed by atoms with Crippen molar-refractivity contribution in [1.29, 1.82) is 0 Å². The van der Waals surface area contributed by atoms with Gasteiger partial charge >= 0.3 is 5.97 Å². The predicted molar refractivity (Wildman–Crippen MR) is 79.7 cm³/mol. The molecular formula is C15H21NO6. The van der Waals surface area contributed by atoms with E-state index in [1.165, 1.54) is 40.4 Å². The van der Waals surface area contributed by atoms with Gasteiger partial charge in [0.1, 0.15) is 0 Å². The fourth-order valence-corrected chi connectivity index (χ4v) is 1.80. The number of nitrogens with one attached hydrogen (secondary N) is 1. The first-order valence-corrected chi connectivity index (χ1v) is 6.77. The van der Waals surface area contributed by atoms with Gasteiger partial charge < -0.3 is 24.3 Å². The maximum atomic E-state index is 12.1. The zero-order valence-corrected chi connectivity index (χ0v) is 13.4. The molecule has 0 heterocycles. The molecular weight excluding hydrogens is 290 g/mol. The minimum absolute atomic E-state index is 0.200. The third-order valence-corrected chi connectivity index (χ3v) is 2.90. The van der Waals surface area contributed by atoms with E-state index in [4.69, 9.17) is 18.9 Å². The van der Waals surface area contributed by atoms with E-state index in [9.17, 15) is 9.59 Å². The highest BCUT2D eigenvalue weighted by molar-refractivity contribution is 5.93. The fraction of sp³-hybridized carbons (Fsp3) is 0.467. The van der Waals surface area contributed by atoms with Gasteiger partial charge in [-0.1, -0.05) is 0 Å². The highest BCUT2D eigenvalue weighted by atomic mass is 16.5. The largest absolute Gasteiger partial charge is 0.493 e. The average molecular weight is 311 g/mol. The molecule has 0 aliphatic heterocycles. The van der Waals surface area contributed by atoms with Crippen molar-refractivity contribution in [2.75, 3.05) is 27.9 Å². The Hall–Kier alpha value is -2.44. The van der Waals surface area contributed by atoms with E-state index in [1.807, 2.05) is 0 Å². The second kappa shape index (κ2) is 8.11. The third-order valence-electron chi connectivity index (χ3n) is 2.90. The second-order valence-corrected chi connectivity index (χ2v) is 4.36. The minimum atomic E-state index is -0.897. The summed E-state index contributed by atoms with van der Waals surface area (Å²) in [6.45, 7) is 3.75. The monoisotopic (exact) mass is 311 g/mol. The second-order valence-electron chi connectivity index (χ2n) is 4.36. The first-order chi connectivity index (χ1) is 10.5. The Bertz CT molecular complexity index is 518. The van der Waals surface area contributed by atoms with E-state index in [2.05, 4.69) is 5.32 Å². The van der Waals surface area contributed by atoms with Crippen LogP contribution in [0.15, 0.2) is 12.1 Å². The molecule has 0 saturated heterocycles. The van der Waals surface area contributed by atoms with Crippen LogP contribution in [0, 0.1) is 0 Å². The number of benzene rings is 1. The summed E-state index contributed by atoms with van der Waals surface area (Å²) in [5, 5.41) is 2.58. The van der Waals surface area contributed by atoms with Crippen molar-refractivity contribution in [3.63, 3.8) is 0 Å². The minimum Gasteiger partial charge on any atom is -0.493 e. The van der Waals surface area contributed by atoms with Crippen LogP contribution in [0.25, 0.3) is 0 Å². The molecule has 0 saturated carbocycles. The average Bonchev–Trinajstić information content (AvgIpc) is 2.53. The number of hydrogen-bond acceptors (Lipinski definition) is 6. The molecule has 0 bridgehead atoms. The van der Waals surface area contributed by atoms with E-state index < -0.39 is 12.1 Å². The summed E-state index contributed by atoms with van der Waals surface area (Å²) in [6, 6.07) is 2.93. The lowest BCUT2D eigenvalue weighted by atomic mass is 10.2. The van der Waals surface area contributed by atoms with Crippen molar-refractivity contribution in [2.45, 2.75) is 20.0 Å². The molecule has 122 valence electrons. The van der Waals surface area contributed by atoms with Gasteiger partial charge in [-0.3, -0.25) is 4.79 Å². The van der Waals surface area contributed by atoms with E-state index in [-0.39, 0.29) is 11.5 Å². The van der Waals surface area contributed by atoms with Crippen LogP contribution in [0.2, 0.25) is 0 Å². The van der Waals surface area contributed by atoms with Gasteiger partial charge in [0.2, 0.25) is 5.75 Å². The molecule has 0 fully saturated rings. The van der Waals surface area contributed by atoms with Crippen molar-refractivity contribution >= 4 is 11.9 Å². The van der Waals surface area contributed by atoms with Crippen LogP contribution in [0.1, 0.15) is 24.2 Å². The summed E-state index contributed by atoms with van der Waals surface area (Å²) in [6.07, 6.45) is -0.897. The Morgan fingerprint density at radius 2 is 1.64 bits per heavy atom. The SMILES string of the molecule is CCNC(=O)[C@@H](C)OC(=O)c1cc(OC)c(OC)c(OC)c1. The Kier molecular flexibility index (Phi) is 6.49. The summed E-state index contributed by atoms with van der Waals surface area (Å²) in [5.74, 6) is 0.0264. The molecule has 1 aromatic rings.